The zero-order chi connectivity index (χ0) is 12.6. The van der Waals surface area contributed by atoms with E-state index in [1.165, 1.54) is 16.2 Å². The third-order valence-electron chi connectivity index (χ3n) is 2.69. The molecular weight excluding hydrogens is 236 g/mol. The smallest absolute Gasteiger partial charge is 0.309 e. The maximum absolute atomic E-state index is 12.0. The van der Waals surface area contributed by atoms with E-state index in [0.717, 1.165) is 18.5 Å². The standard InChI is InChI=1S/C12H18N2O2S/c1-12(2,3)16-10(15)7-4-5-9-8(6-7)14-11(13)17-9/h7H,4-6H2,1-3H3,(H2,13,14). The zero-order valence-corrected chi connectivity index (χ0v) is 11.3. The second-order valence-corrected chi connectivity index (χ2v) is 6.51. The van der Waals surface area contributed by atoms with Gasteiger partial charge in [0, 0.05) is 11.3 Å². The molecule has 0 amide bonds. The van der Waals surface area contributed by atoms with Crippen LogP contribution in [-0.2, 0) is 22.4 Å². The van der Waals surface area contributed by atoms with Crippen molar-refractivity contribution in [3.8, 4) is 0 Å². The van der Waals surface area contributed by atoms with Gasteiger partial charge in [-0.1, -0.05) is 0 Å². The van der Waals surface area contributed by atoms with Gasteiger partial charge in [-0.3, -0.25) is 4.79 Å². The summed E-state index contributed by atoms with van der Waals surface area (Å²) in [5.41, 5.74) is 6.24. The fraction of sp³-hybridized carbons (Fsp3) is 0.667. The maximum atomic E-state index is 12.0. The highest BCUT2D eigenvalue weighted by Gasteiger charge is 2.30. The summed E-state index contributed by atoms with van der Waals surface area (Å²) in [6, 6.07) is 0. The molecule has 0 saturated carbocycles. The Labute approximate surface area is 105 Å². The van der Waals surface area contributed by atoms with Crippen LogP contribution in [0.4, 0.5) is 5.13 Å². The molecule has 0 aromatic carbocycles. The van der Waals surface area contributed by atoms with E-state index >= 15 is 0 Å². The Morgan fingerprint density at radius 1 is 1.53 bits per heavy atom. The Morgan fingerprint density at radius 3 is 2.88 bits per heavy atom. The number of nitrogen functional groups attached to an aromatic ring is 1. The molecule has 2 rings (SSSR count). The molecule has 0 fully saturated rings. The van der Waals surface area contributed by atoms with E-state index < -0.39 is 5.60 Å². The summed E-state index contributed by atoms with van der Waals surface area (Å²) in [4.78, 5) is 17.4. The molecule has 2 N–H and O–H groups in total. The molecule has 0 spiro atoms. The monoisotopic (exact) mass is 254 g/mol. The van der Waals surface area contributed by atoms with Crippen molar-refractivity contribution in [2.45, 2.75) is 45.6 Å². The fourth-order valence-electron chi connectivity index (χ4n) is 1.99. The first kappa shape index (κ1) is 12.4. The van der Waals surface area contributed by atoms with Crippen molar-refractivity contribution >= 4 is 22.4 Å². The first-order chi connectivity index (χ1) is 7.85. The van der Waals surface area contributed by atoms with Crippen LogP contribution in [0.25, 0.3) is 0 Å². The Hall–Kier alpha value is -1.10. The summed E-state index contributed by atoms with van der Waals surface area (Å²) in [5.74, 6) is -0.182. The Balaban J connectivity index is 2.05. The molecule has 0 aliphatic heterocycles. The van der Waals surface area contributed by atoms with Crippen molar-refractivity contribution in [2.24, 2.45) is 5.92 Å². The molecule has 1 aliphatic rings. The number of esters is 1. The van der Waals surface area contributed by atoms with Crippen molar-refractivity contribution < 1.29 is 9.53 Å². The van der Waals surface area contributed by atoms with Crippen LogP contribution in [0.3, 0.4) is 0 Å². The van der Waals surface area contributed by atoms with Crippen LogP contribution >= 0.6 is 11.3 Å². The van der Waals surface area contributed by atoms with Gasteiger partial charge in [-0.2, -0.15) is 0 Å². The number of aryl methyl sites for hydroxylation is 1. The topological polar surface area (TPSA) is 65.2 Å². The summed E-state index contributed by atoms with van der Waals surface area (Å²) >= 11 is 1.53. The van der Waals surface area contributed by atoms with E-state index in [1.54, 1.807) is 0 Å². The zero-order valence-electron chi connectivity index (χ0n) is 10.4. The SMILES string of the molecule is CC(C)(C)OC(=O)C1CCc2sc(N)nc2C1. The van der Waals surface area contributed by atoms with Crippen LogP contribution in [0.5, 0.6) is 0 Å². The molecule has 17 heavy (non-hydrogen) atoms. The minimum Gasteiger partial charge on any atom is -0.460 e. The number of carbonyl (C=O) groups is 1. The molecule has 1 aromatic rings. The second kappa shape index (κ2) is 4.29. The Kier molecular flexibility index (Phi) is 3.12. The average Bonchev–Trinajstić information content (AvgIpc) is 2.53. The predicted molar refractivity (Wildman–Crippen MR) is 67.9 cm³/mol. The molecule has 4 nitrogen and oxygen atoms in total. The van der Waals surface area contributed by atoms with E-state index in [2.05, 4.69) is 4.98 Å². The summed E-state index contributed by atoms with van der Waals surface area (Å²) in [6.45, 7) is 5.67. The highest BCUT2D eigenvalue weighted by atomic mass is 32.1. The van der Waals surface area contributed by atoms with Gasteiger partial charge in [0.05, 0.1) is 11.6 Å². The Morgan fingerprint density at radius 2 is 2.24 bits per heavy atom. The number of aromatic nitrogens is 1. The Bertz CT molecular complexity index is 434. The molecule has 0 radical (unpaired) electrons. The molecule has 94 valence electrons. The molecule has 1 aromatic heterocycles. The normalized spacial score (nSPS) is 19.8. The van der Waals surface area contributed by atoms with Crippen LogP contribution in [0.15, 0.2) is 0 Å². The number of hydrogen-bond donors (Lipinski definition) is 1. The van der Waals surface area contributed by atoms with Gasteiger partial charge >= 0.3 is 5.97 Å². The van der Waals surface area contributed by atoms with Gasteiger partial charge in [0.15, 0.2) is 5.13 Å². The lowest BCUT2D eigenvalue weighted by Gasteiger charge is -2.25. The van der Waals surface area contributed by atoms with Crippen LogP contribution in [0.1, 0.15) is 37.8 Å². The lowest BCUT2D eigenvalue weighted by molar-refractivity contribution is -0.160. The number of anilines is 1. The first-order valence-corrected chi connectivity index (χ1v) is 6.64. The number of nitrogens with two attached hydrogens (primary N) is 1. The van der Waals surface area contributed by atoms with Gasteiger partial charge in [0.2, 0.25) is 0 Å². The van der Waals surface area contributed by atoms with E-state index in [0.29, 0.717) is 11.6 Å². The van der Waals surface area contributed by atoms with Crippen LogP contribution in [0.2, 0.25) is 0 Å². The van der Waals surface area contributed by atoms with Gasteiger partial charge in [0.25, 0.3) is 0 Å². The van der Waals surface area contributed by atoms with E-state index in [4.69, 9.17) is 10.5 Å². The average molecular weight is 254 g/mol. The van der Waals surface area contributed by atoms with Crippen molar-refractivity contribution in [3.05, 3.63) is 10.6 Å². The third kappa shape index (κ3) is 2.97. The molecule has 1 heterocycles. The highest BCUT2D eigenvalue weighted by molar-refractivity contribution is 7.15. The molecule has 5 heteroatoms. The first-order valence-electron chi connectivity index (χ1n) is 5.82. The summed E-state index contributed by atoms with van der Waals surface area (Å²) in [7, 11) is 0. The van der Waals surface area contributed by atoms with Gasteiger partial charge in [-0.25, -0.2) is 4.98 Å². The minimum atomic E-state index is -0.418. The predicted octanol–water partition coefficient (Wildman–Crippen LogP) is 2.17. The summed E-state index contributed by atoms with van der Waals surface area (Å²) in [6.07, 6.45) is 2.38. The fourth-order valence-corrected chi connectivity index (χ4v) is 2.86. The summed E-state index contributed by atoms with van der Waals surface area (Å²) < 4.78 is 5.40. The molecule has 0 bridgehead atoms. The van der Waals surface area contributed by atoms with Crippen molar-refractivity contribution in [1.82, 2.24) is 4.98 Å². The number of fused-ring (bicyclic) bond motifs is 1. The van der Waals surface area contributed by atoms with Crippen molar-refractivity contribution in [1.29, 1.82) is 0 Å². The minimum absolute atomic E-state index is 0.0665. The second-order valence-electron chi connectivity index (χ2n) is 5.40. The molecule has 1 unspecified atom stereocenters. The maximum Gasteiger partial charge on any atom is 0.309 e. The van der Waals surface area contributed by atoms with E-state index in [1.807, 2.05) is 20.8 Å². The van der Waals surface area contributed by atoms with Crippen molar-refractivity contribution in [2.75, 3.05) is 5.73 Å². The lowest BCUT2D eigenvalue weighted by Crippen LogP contribution is -2.31. The number of ether oxygens (including phenoxy) is 1. The number of rotatable bonds is 1. The molecule has 1 atom stereocenters. The van der Waals surface area contributed by atoms with Crippen LogP contribution in [0, 0.1) is 5.92 Å². The molecular formula is C12H18N2O2S. The quantitative estimate of drug-likeness (QED) is 0.780. The number of carbonyl (C=O) groups excluding carboxylic acids is 1. The van der Waals surface area contributed by atoms with Crippen LogP contribution in [-0.4, -0.2) is 16.6 Å². The third-order valence-corrected chi connectivity index (χ3v) is 3.68. The molecule has 0 saturated heterocycles. The molecule has 1 aliphatic carbocycles. The number of nitrogens with zero attached hydrogens (tertiary/aromatic N) is 1. The summed E-state index contributed by atoms with van der Waals surface area (Å²) in [5, 5.41) is 0.597. The number of thiazole rings is 1. The van der Waals surface area contributed by atoms with Gasteiger partial charge in [0.1, 0.15) is 5.60 Å². The van der Waals surface area contributed by atoms with Gasteiger partial charge in [-0.05, 0) is 33.6 Å². The van der Waals surface area contributed by atoms with Crippen molar-refractivity contribution in [3.63, 3.8) is 0 Å². The van der Waals surface area contributed by atoms with Gasteiger partial charge < -0.3 is 10.5 Å². The van der Waals surface area contributed by atoms with Gasteiger partial charge in [-0.15, -0.1) is 11.3 Å². The van der Waals surface area contributed by atoms with E-state index in [-0.39, 0.29) is 11.9 Å². The highest BCUT2D eigenvalue weighted by Crippen LogP contribution is 2.31. The lowest BCUT2D eigenvalue weighted by atomic mass is 9.91. The largest absolute Gasteiger partial charge is 0.460 e. The van der Waals surface area contributed by atoms with Crippen LogP contribution < -0.4 is 5.73 Å². The number of hydrogen-bond acceptors (Lipinski definition) is 5. The van der Waals surface area contributed by atoms with E-state index in [9.17, 15) is 4.79 Å².